The Morgan fingerprint density at radius 2 is 1.72 bits per heavy atom. The van der Waals surface area contributed by atoms with E-state index < -0.39 is 41.8 Å². The number of cyclic esters (lactones) is 1. The summed E-state index contributed by atoms with van der Waals surface area (Å²) in [5.41, 5.74) is 10.2. The number of methoxy groups -OCH3 is 1. The number of carbonyl (C=O) groups is 2. The van der Waals surface area contributed by atoms with E-state index in [0.717, 1.165) is 106 Å². The summed E-state index contributed by atoms with van der Waals surface area (Å²) < 4.78 is 20.2. The number of nitrogens with one attached hydrogen (secondary N) is 3. The van der Waals surface area contributed by atoms with E-state index in [-0.39, 0.29) is 127 Å². The Kier molecular flexibility index (Phi) is 14.8. The number of fused-ring (bicyclic) bond motifs is 17. The van der Waals surface area contributed by atoms with Crippen molar-refractivity contribution in [2.75, 3.05) is 20.3 Å². The number of aliphatic hydroxyl groups is 4. The fourth-order valence-electron chi connectivity index (χ4n) is 18.2. The second kappa shape index (κ2) is 22.6. The van der Waals surface area contributed by atoms with Crippen LogP contribution >= 0.6 is 0 Å². The largest absolute Gasteiger partial charge is 0.508 e. The third kappa shape index (κ3) is 10.1. The Morgan fingerprint density at radius 1 is 0.874 bits per heavy atom. The quantitative estimate of drug-likeness (QED) is 0.0503. The van der Waals surface area contributed by atoms with Crippen LogP contribution in [0.3, 0.4) is 0 Å². The number of benzene rings is 4. The molecule has 6 heterocycles. The van der Waals surface area contributed by atoms with Crippen LogP contribution in [-0.4, -0.2) is 118 Å². The number of aromatic amines is 2. The van der Waals surface area contributed by atoms with Gasteiger partial charge in [0, 0.05) is 65.5 Å². The summed E-state index contributed by atoms with van der Waals surface area (Å²) in [6.45, 7) is 1.57. The number of rotatable bonds is 8. The monoisotopic (exact) mass is 1180 g/mol. The zero-order valence-electron chi connectivity index (χ0n) is 49.3. The van der Waals surface area contributed by atoms with Crippen molar-refractivity contribution in [3.63, 3.8) is 0 Å². The molecule has 3 aliphatic heterocycles. The summed E-state index contributed by atoms with van der Waals surface area (Å²) in [7, 11) is 1.53. The lowest BCUT2D eigenvalue weighted by Crippen LogP contribution is -2.64. The number of phenolic OH excluding ortho intramolecular Hbond substituents is 3. The lowest BCUT2D eigenvalue weighted by atomic mass is 9.47. The topological polar surface area (TPSA) is 252 Å². The fraction of sp³-hybridized carbons (Fsp3) is 0.465. The summed E-state index contributed by atoms with van der Waals surface area (Å²) in [4.78, 5) is 36.9. The third-order valence-corrected chi connectivity index (χ3v) is 21.6. The molecule has 3 aromatic heterocycles. The predicted molar refractivity (Wildman–Crippen MR) is 328 cm³/mol. The average Bonchev–Trinajstić information content (AvgIpc) is 1.61. The molecule has 7 aliphatic rings. The van der Waals surface area contributed by atoms with E-state index in [0.29, 0.717) is 24.8 Å². The first-order valence-electron chi connectivity index (χ1n) is 31.4. The zero-order chi connectivity index (χ0) is 60.0. The van der Waals surface area contributed by atoms with Gasteiger partial charge in [0.05, 0.1) is 60.5 Å². The van der Waals surface area contributed by atoms with Crippen molar-refractivity contribution >= 4 is 39.3 Å². The number of piperidine rings is 1. The summed E-state index contributed by atoms with van der Waals surface area (Å²) in [5, 5.41) is 84.4. The lowest BCUT2D eigenvalue weighted by Gasteiger charge is -2.59. The Hall–Kier alpha value is -7.52. The van der Waals surface area contributed by atoms with Crippen molar-refractivity contribution in [3.05, 3.63) is 131 Å². The van der Waals surface area contributed by atoms with Crippen LogP contribution in [0.1, 0.15) is 129 Å². The van der Waals surface area contributed by atoms with Gasteiger partial charge in [-0.1, -0.05) is 48.2 Å². The van der Waals surface area contributed by atoms with Crippen molar-refractivity contribution in [2.24, 2.45) is 35.0 Å². The van der Waals surface area contributed by atoms with Gasteiger partial charge in [-0.25, -0.2) is 0 Å². The van der Waals surface area contributed by atoms with Crippen molar-refractivity contribution in [2.45, 2.75) is 151 Å². The van der Waals surface area contributed by atoms with Gasteiger partial charge in [-0.15, -0.1) is 0 Å². The van der Waals surface area contributed by atoms with Crippen LogP contribution in [0.5, 0.6) is 28.7 Å². The molecule has 4 fully saturated rings. The standard InChI is InChI=1S/C71H78N4O12/c1-38(77)56-28-41-13-12-40-14-15-43(78)29-49(40)59-35-57-58(19-22-72-57)75(59)69(41)71(74-56)21-20-70(37-71)36-42-27-53-50-33-62(83)63(85-2)34-51(50)52(67(42)48-17-16-44(79)31-54(48)70)30-45(80)32-65(61(82)25-39-11-18-60(81)64(26-39)86-24-23-76)87-66(84)10-6-4-8-47-46-7-3-5-9-55(46)73-68(47)53/h3,5,7,9,11,14-15,18-19,22,26-27,29,33-35,38,41-42,44,48,52,54,56,61,65,67,69,72-74,76-79,81-83H,8,10,12-13,16-17,20-21,23-25,28,30-32,36-37H2,1-2H3. The maximum absolute atomic E-state index is 15.6. The molecule has 454 valence electrons. The van der Waals surface area contributed by atoms with E-state index in [1.54, 1.807) is 24.3 Å². The molecule has 14 atom stereocenters. The van der Waals surface area contributed by atoms with Gasteiger partial charge in [0.1, 0.15) is 30.7 Å². The van der Waals surface area contributed by atoms with Gasteiger partial charge >= 0.3 is 5.97 Å². The number of ketones is 1. The number of Topliss-reactive ketones (excluding diaryl/α,β-unsaturated/α-hetero) is 1. The molecule has 2 spiro atoms. The molecule has 16 nitrogen and oxygen atoms in total. The molecule has 87 heavy (non-hydrogen) atoms. The third-order valence-electron chi connectivity index (χ3n) is 21.6. The van der Waals surface area contributed by atoms with Crippen LogP contribution in [0.25, 0.3) is 38.8 Å². The van der Waals surface area contributed by atoms with Gasteiger partial charge in [0.2, 0.25) is 0 Å². The number of phenols is 3. The molecule has 10 N–H and O–H groups in total. The maximum Gasteiger partial charge on any atom is 0.318 e. The highest BCUT2D eigenvalue weighted by Gasteiger charge is 2.65. The first-order chi connectivity index (χ1) is 42.1. The number of hydrogen-bond donors (Lipinski definition) is 10. The van der Waals surface area contributed by atoms with Gasteiger partial charge in [-0.3, -0.25) is 9.59 Å². The summed E-state index contributed by atoms with van der Waals surface area (Å²) in [6.07, 6.45) is 7.84. The zero-order valence-corrected chi connectivity index (χ0v) is 49.3. The molecule has 2 bridgehead atoms. The van der Waals surface area contributed by atoms with Gasteiger partial charge in [0.15, 0.2) is 23.0 Å². The first kappa shape index (κ1) is 57.2. The first-order valence-corrected chi connectivity index (χ1v) is 31.4. The SMILES string of the molecule is COc1cc2c(cc1O)C1=CC3CC4(CCC5(C4)NC(C(C)O)CC4CCc6ccc(O)cc6-c6cc7[nH]ccc7n6C45)C4CC(O)CCC4C3C2CC(=O)CC(C(O)Cc2ccc(O)c(OCCO)c2)OC(=O)CC#CCc2c1[nH]c1ccccc21. The van der Waals surface area contributed by atoms with Crippen LogP contribution in [0.15, 0.2) is 97.2 Å². The number of nitrogens with zero attached hydrogens (tertiary/aromatic N) is 1. The minimum atomic E-state index is -1.36. The summed E-state index contributed by atoms with van der Waals surface area (Å²) >= 11 is 0. The molecular weight excluding hydrogens is 1100 g/mol. The van der Waals surface area contributed by atoms with Crippen LogP contribution in [0.4, 0.5) is 0 Å². The van der Waals surface area contributed by atoms with Gasteiger partial charge in [-0.05, 0) is 194 Å². The summed E-state index contributed by atoms with van der Waals surface area (Å²) in [5.74, 6) is 5.27. The number of allylic oxidation sites excluding steroid dienone is 1. The van der Waals surface area contributed by atoms with E-state index in [2.05, 4.69) is 62.0 Å². The van der Waals surface area contributed by atoms with E-state index in [1.807, 2.05) is 43.5 Å². The Balaban J connectivity index is 0.929. The van der Waals surface area contributed by atoms with Crippen molar-refractivity contribution in [1.29, 1.82) is 0 Å². The van der Waals surface area contributed by atoms with Crippen molar-refractivity contribution in [1.82, 2.24) is 19.9 Å². The number of carbonyl (C=O) groups excluding carboxylic acids is 2. The highest BCUT2D eigenvalue weighted by Crippen LogP contribution is 2.69. The van der Waals surface area contributed by atoms with Crippen LogP contribution in [0.2, 0.25) is 0 Å². The number of aryl methyl sites for hydroxylation is 1. The molecule has 14 rings (SSSR count). The number of aromatic nitrogens is 3. The number of aliphatic hydroxyl groups excluding tert-OH is 4. The second-order valence-corrected chi connectivity index (χ2v) is 26.5. The molecule has 1 saturated heterocycles. The van der Waals surface area contributed by atoms with E-state index in [1.165, 1.54) is 18.7 Å². The van der Waals surface area contributed by atoms with E-state index in [9.17, 15) is 40.5 Å². The number of ether oxygens (including phenoxy) is 3. The molecule has 16 heteroatoms. The molecular formula is C71H78N4O12. The molecule has 0 radical (unpaired) electrons. The lowest BCUT2D eigenvalue weighted by molar-refractivity contribution is -0.155. The van der Waals surface area contributed by atoms with Gasteiger partial charge in [-0.2, -0.15) is 0 Å². The van der Waals surface area contributed by atoms with Crippen LogP contribution in [0, 0.1) is 46.8 Å². The highest BCUT2D eigenvalue weighted by molar-refractivity contribution is 5.95. The number of H-pyrrole nitrogens is 2. The molecule has 4 aliphatic carbocycles. The van der Waals surface area contributed by atoms with Gasteiger partial charge < -0.3 is 69.8 Å². The fourth-order valence-corrected chi connectivity index (χ4v) is 18.2. The predicted octanol–water partition coefficient (Wildman–Crippen LogP) is 9.83. The Morgan fingerprint density at radius 3 is 2.56 bits per heavy atom. The van der Waals surface area contributed by atoms with E-state index >= 15 is 4.79 Å². The summed E-state index contributed by atoms with van der Waals surface area (Å²) in [6, 6.07) is 26.4. The number of para-hydroxylation sites is 1. The average molecular weight is 1180 g/mol. The highest BCUT2D eigenvalue weighted by atomic mass is 16.6. The van der Waals surface area contributed by atoms with Crippen LogP contribution in [-0.2, 0) is 33.6 Å². The molecule has 0 amide bonds. The molecule has 7 aromatic rings. The van der Waals surface area contributed by atoms with Crippen molar-refractivity contribution < 1.29 is 59.5 Å². The number of hydrogen-bond acceptors (Lipinski definition) is 13. The number of esters is 1. The van der Waals surface area contributed by atoms with E-state index in [4.69, 9.17) is 14.2 Å². The van der Waals surface area contributed by atoms with Gasteiger partial charge in [0.25, 0.3) is 0 Å². The minimum absolute atomic E-state index is 0.00585. The maximum atomic E-state index is 15.6. The minimum Gasteiger partial charge on any atom is -0.508 e. The van der Waals surface area contributed by atoms with Crippen molar-refractivity contribution in [3.8, 4) is 51.8 Å². The van der Waals surface area contributed by atoms with Crippen LogP contribution < -0.4 is 14.8 Å². The molecule has 4 aromatic carbocycles. The second-order valence-electron chi connectivity index (χ2n) is 26.5. The molecule has 14 unspecified atom stereocenters. The Labute approximate surface area is 505 Å². The molecule has 3 saturated carbocycles. The smallest absolute Gasteiger partial charge is 0.318 e. The Bertz CT molecular complexity index is 3920. The normalized spacial score (nSPS) is 30.2. The number of aromatic hydroxyl groups is 3.